The fraction of sp³-hybridized carbons (Fsp3) is 0.0500. The quantitative estimate of drug-likeness (QED) is 0.630. The molecule has 5 nitrogen and oxygen atoms in total. The van der Waals surface area contributed by atoms with Crippen molar-refractivity contribution in [1.29, 1.82) is 0 Å². The summed E-state index contributed by atoms with van der Waals surface area (Å²) in [7, 11) is 0. The van der Waals surface area contributed by atoms with E-state index in [1.54, 1.807) is 0 Å². The minimum atomic E-state index is -0.326. The van der Waals surface area contributed by atoms with Crippen molar-refractivity contribution in [2.24, 2.45) is 0 Å². The molecule has 0 saturated heterocycles. The maximum Gasteiger partial charge on any atom is 0.333 e. The number of anilines is 1. The lowest BCUT2D eigenvalue weighted by molar-refractivity contribution is 0.246. The highest BCUT2D eigenvalue weighted by Gasteiger charge is 2.26. The van der Waals surface area contributed by atoms with E-state index in [1.165, 1.54) is 0 Å². The molecule has 0 aliphatic carbocycles. The van der Waals surface area contributed by atoms with Crippen molar-refractivity contribution in [1.82, 2.24) is 10.9 Å². The second-order valence-electron chi connectivity index (χ2n) is 5.70. The smallest absolute Gasteiger partial charge is 0.333 e. The third-order valence-corrected chi connectivity index (χ3v) is 4.04. The Morgan fingerprint density at radius 2 is 1.32 bits per heavy atom. The summed E-state index contributed by atoms with van der Waals surface area (Å²) >= 11 is 0. The maximum atomic E-state index is 12.2. The maximum absolute atomic E-state index is 12.2. The fourth-order valence-electron chi connectivity index (χ4n) is 2.89. The number of para-hydroxylation sites is 3. The molecule has 2 amide bonds. The Bertz CT molecular complexity index is 851. The van der Waals surface area contributed by atoms with Crippen molar-refractivity contribution >= 4 is 11.7 Å². The molecule has 0 aromatic heterocycles. The van der Waals surface area contributed by atoms with E-state index in [2.05, 4.69) is 16.2 Å². The highest BCUT2D eigenvalue weighted by Crippen LogP contribution is 2.42. The second kappa shape index (κ2) is 6.67. The van der Waals surface area contributed by atoms with Crippen LogP contribution in [-0.4, -0.2) is 6.03 Å². The van der Waals surface area contributed by atoms with Gasteiger partial charge in [-0.05, 0) is 24.3 Å². The van der Waals surface area contributed by atoms with Gasteiger partial charge in [0.2, 0.25) is 0 Å². The lowest BCUT2D eigenvalue weighted by atomic mass is 9.95. The van der Waals surface area contributed by atoms with E-state index in [1.807, 2.05) is 78.9 Å². The van der Waals surface area contributed by atoms with Gasteiger partial charge in [0.15, 0.2) is 0 Å². The van der Waals surface area contributed by atoms with Crippen molar-refractivity contribution < 1.29 is 9.53 Å². The van der Waals surface area contributed by atoms with E-state index in [0.29, 0.717) is 0 Å². The molecule has 3 aromatic carbocycles. The van der Waals surface area contributed by atoms with Gasteiger partial charge in [0, 0.05) is 16.8 Å². The van der Waals surface area contributed by atoms with E-state index < -0.39 is 0 Å². The van der Waals surface area contributed by atoms with Crippen LogP contribution in [0.25, 0.3) is 0 Å². The first kappa shape index (κ1) is 15.2. The molecule has 0 spiro atoms. The molecular formula is C20H17N3O2. The number of fused-ring (bicyclic) bond motifs is 2. The number of hydrogen-bond acceptors (Lipinski definition) is 3. The topological polar surface area (TPSA) is 62.4 Å². The van der Waals surface area contributed by atoms with E-state index in [9.17, 15) is 4.79 Å². The van der Waals surface area contributed by atoms with Crippen molar-refractivity contribution in [3.05, 3.63) is 90.0 Å². The van der Waals surface area contributed by atoms with Crippen LogP contribution in [0.15, 0.2) is 78.9 Å². The summed E-state index contributed by atoms with van der Waals surface area (Å²) in [6, 6.07) is 24.4. The van der Waals surface area contributed by atoms with Crippen LogP contribution in [0, 0.1) is 0 Å². The molecule has 1 heterocycles. The van der Waals surface area contributed by atoms with Crippen LogP contribution in [-0.2, 0) is 0 Å². The number of carbonyl (C=O) groups is 1. The normalized spacial score (nSPS) is 12.5. The van der Waals surface area contributed by atoms with Crippen molar-refractivity contribution in [3.63, 3.8) is 0 Å². The molecule has 0 saturated carbocycles. The minimum absolute atomic E-state index is 0.192. The van der Waals surface area contributed by atoms with Crippen LogP contribution in [0.4, 0.5) is 10.5 Å². The standard InChI is InChI=1S/C20H17N3O2/c24-20(21-14-8-2-1-3-9-14)23-22-19-15-10-4-6-12-17(15)25-18-13-7-5-11-16(18)19/h1-13,19,22H,(H2,21,23,24). The van der Waals surface area contributed by atoms with Gasteiger partial charge in [-0.2, -0.15) is 0 Å². The molecule has 4 rings (SSSR count). The Morgan fingerprint density at radius 3 is 1.96 bits per heavy atom. The molecule has 0 bridgehead atoms. The monoisotopic (exact) mass is 331 g/mol. The first-order chi connectivity index (χ1) is 12.3. The molecular weight excluding hydrogens is 314 g/mol. The Hall–Kier alpha value is -3.31. The summed E-state index contributed by atoms with van der Waals surface area (Å²) in [4.78, 5) is 12.2. The largest absolute Gasteiger partial charge is 0.457 e. The van der Waals surface area contributed by atoms with Crippen LogP contribution in [0.5, 0.6) is 11.5 Å². The van der Waals surface area contributed by atoms with Gasteiger partial charge in [-0.3, -0.25) is 5.43 Å². The number of benzene rings is 3. The average molecular weight is 331 g/mol. The van der Waals surface area contributed by atoms with Crippen LogP contribution < -0.4 is 20.9 Å². The lowest BCUT2D eigenvalue weighted by Crippen LogP contribution is -2.43. The first-order valence-corrected chi connectivity index (χ1v) is 8.04. The highest BCUT2D eigenvalue weighted by molar-refractivity contribution is 5.88. The summed E-state index contributed by atoms with van der Waals surface area (Å²) in [5.41, 5.74) is 8.52. The van der Waals surface area contributed by atoms with E-state index in [4.69, 9.17) is 4.74 Å². The zero-order chi connectivity index (χ0) is 17.1. The Kier molecular flexibility index (Phi) is 4.06. The lowest BCUT2D eigenvalue weighted by Gasteiger charge is -2.28. The SMILES string of the molecule is O=C(NNC1c2ccccc2Oc2ccccc21)Nc1ccccc1. The highest BCUT2D eigenvalue weighted by atomic mass is 16.5. The number of ether oxygens (including phenoxy) is 1. The summed E-state index contributed by atoms with van der Waals surface area (Å²) in [6.45, 7) is 0. The second-order valence-corrected chi connectivity index (χ2v) is 5.70. The van der Waals surface area contributed by atoms with Crippen molar-refractivity contribution in [2.45, 2.75) is 6.04 Å². The molecule has 3 aromatic rings. The van der Waals surface area contributed by atoms with Gasteiger partial charge < -0.3 is 10.1 Å². The van der Waals surface area contributed by atoms with Gasteiger partial charge >= 0.3 is 6.03 Å². The third kappa shape index (κ3) is 3.18. The van der Waals surface area contributed by atoms with Gasteiger partial charge in [0.05, 0.1) is 6.04 Å². The van der Waals surface area contributed by atoms with Crippen LogP contribution in [0.2, 0.25) is 0 Å². The van der Waals surface area contributed by atoms with Crippen LogP contribution in [0.3, 0.4) is 0 Å². The van der Waals surface area contributed by atoms with Crippen molar-refractivity contribution in [3.8, 4) is 11.5 Å². The molecule has 3 N–H and O–H groups in total. The molecule has 0 atom stereocenters. The number of hydrogen-bond donors (Lipinski definition) is 3. The first-order valence-electron chi connectivity index (χ1n) is 8.04. The minimum Gasteiger partial charge on any atom is -0.457 e. The zero-order valence-electron chi connectivity index (χ0n) is 13.4. The zero-order valence-corrected chi connectivity index (χ0v) is 13.4. The van der Waals surface area contributed by atoms with Crippen LogP contribution >= 0.6 is 0 Å². The van der Waals surface area contributed by atoms with Gasteiger partial charge in [-0.1, -0.05) is 54.6 Å². The summed E-state index contributed by atoms with van der Waals surface area (Å²) in [5, 5.41) is 2.79. The number of rotatable bonds is 3. The number of urea groups is 1. The number of carbonyl (C=O) groups excluding carboxylic acids is 1. The third-order valence-electron chi connectivity index (χ3n) is 4.04. The molecule has 124 valence electrons. The molecule has 5 heteroatoms. The number of hydrazine groups is 1. The van der Waals surface area contributed by atoms with Gasteiger partial charge in [0.1, 0.15) is 11.5 Å². The predicted molar refractivity (Wildman–Crippen MR) is 96.5 cm³/mol. The number of amides is 2. The van der Waals surface area contributed by atoms with Gasteiger partial charge in [-0.25, -0.2) is 10.2 Å². The fourth-order valence-corrected chi connectivity index (χ4v) is 2.89. The van der Waals surface area contributed by atoms with Gasteiger partial charge in [0.25, 0.3) is 0 Å². The van der Waals surface area contributed by atoms with Crippen molar-refractivity contribution in [2.75, 3.05) is 5.32 Å². The van der Waals surface area contributed by atoms with E-state index in [-0.39, 0.29) is 12.1 Å². The molecule has 0 fully saturated rings. The molecule has 0 radical (unpaired) electrons. The Labute approximate surface area is 145 Å². The predicted octanol–water partition coefficient (Wildman–Crippen LogP) is 4.21. The van der Waals surface area contributed by atoms with Crippen LogP contribution in [0.1, 0.15) is 17.2 Å². The molecule has 25 heavy (non-hydrogen) atoms. The Balaban J connectivity index is 1.53. The molecule has 1 aliphatic rings. The van der Waals surface area contributed by atoms with E-state index >= 15 is 0 Å². The van der Waals surface area contributed by atoms with E-state index in [0.717, 1.165) is 28.3 Å². The Morgan fingerprint density at radius 1 is 0.760 bits per heavy atom. The molecule has 0 unspecified atom stereocenters. The summed E-state index contributed by atoms with van der Waals surface area (Å²) in [5.74, 6) is 1.56. The summed E-state index contributed by atoms with van der Waals surface area (Å²) in [6.07, 6.45) is 0. The summed E-state index contributed by atoms with van der Waals surface area (Å²) < 4.78 is 5.94. The number of nitrogens with one attached hydrogen (secondary N) is 3. The van der Waals surface area contributed by atoms with Gasteiger partial charge in [-0.15, -0.1) is 0 Å². The average Bonchev–Trinajstić information content (AvgIpc) is 2.66. The molecule has 1 aliphatic heterocycles.